The molecule has 0 aliphatic carbocycles. The Bertz CT molecular complexity index is 361. The number of halogens is 1. The molecule has 0 heterocycles. The van der Waals surface area contributed by atoms with Crippen molar-refractivity contribution in [1.82, 2.24) is 0 Å². The van der Waals surface area contributed by atoms with Crippen LogP contribution in [0.15, 0.2) is 24.3 Å². The molecule has 0 fully saturated rings. The van der Waals surface area contributed by atoms with E-state index in [9.17, 15) is 9.59 Å². The summed E-state index contributed by atoms with van der Waals surface area (Å²) in [6, 6.07) is 5.02. The van der Waals surface area contributed by atoms with E-state index in [4.69, 9.17) is 20.1 Å². The van der Waals surface area contributed by atoms with Crippen molar-refractivity contribution in [2.75, 3.05) is 0 Å². The molecule has 0 spiro atoms. The minimum absolute atomic E-state index is 0. The molecule has 0 saturated heterocycles. The summed E-state index contributed by atoms with van der Waals surface area (Å²) >= 11 is 0. The van der Waals surface area contributed by atoms with Crippen molar-refractivity contribution < 1.29 is 29.7 Å². The predicted molar refractivity (Wildman–Crippen MR) is 60.9 cm³/mol. The molecule has 0 radical (unpaired) electrons. The van der Waals surface area contributed by atoms with Crippen LogP contribution in [0.25, 0.3) is 0 Å². The molecule has 6 nitrogen and oxygen atoms in total. The van der Waals surface area contributed by atoms with Crippen LogP contribution in [0.1, 0.15) is 27.6 Å². The van der Waals surface area contributed by atoms with Crippen LogP contribution in [0.5, 0.6) is 0 Å². The van der Waals surface area contributed by atoms with E-state index in [1.165, 1.54) is 24.3 Å². The number of hydrogen-bond donors (Lipinski definition) is 3. The Hall–Kier alpha value is -2.08. The van der Waals surface area contributed by atoms with Crippen molar-refractivity contribution in [1.29, 1.82) is 0 Å². The highest BCUT2D eigenvalue weighted by Gasteiger charge is 2.04. The number of aromatic carboxylic acids is 2. The van der Waals surface area contributed by atoms with E-state index < -0.39 is 17.9 Å². The molecule has 0 bridgehead atoms. The summed E-state index contributed by atoms with van der Waals surface area (Å²) in [5, 5.41) is 24.4. The van der Waals surface area contributed by atoms with Crippen LogP contribution in [-0.4, -0.2) is 33.2 Å². The Labute approximate surface area is 103 Å². The van der Waals surface area contributed by atoms with Crippen molar-refractivity contribution in [2.24, 2.45) is 0 Å². The van der Waals surface area contributed by atoms with Crippen molar-refractivity contribution in [2.45, 2.75) is 6.92 Å². The first-order valence-corrected chi connectivity index (χ1v) is 4.10. The highest BCUT2D eigenvalue weighted by Crippen LogP contribution is 2.03. The molecule has 1 aromatic rings. The second-order valence-corrected chi connectivity index (χ2v) is 2.71. The van der Waals surface area contributed by atoms with Crippen LogP contribution < -0.4 is 0 Å². The molecule has 0 aliphatic rings. The Morgan fingerprint density at radius 2 is 1.00 bits per heavy atom. The molecule has 1 rings (SSSR count). The molecule has 0 aliphatic heterocycles. The first kappa shape index (κ1) is 17.3. The minimum atomic E-state index is -1.06. The number of hydrogen-bond acceptors (Lipinski definition) is 3. The smallest absolute Gasteiger partial charge is 0.335 e. The van der Waals surface area contributed by atoms with Gasteiger partial charge in [0.1, 0.15) is 0 Å². The fourth-order valence-electron chi connectivity index (χ4n) is 0.755. The van der Waals surface area contributed by atoms with Gasteiger partial charge in [-0.1, -0.05) is 0 Å². The lowest BCUT2D eigenvalue weighted by molar-refractivity contribution is -0.134. The number of carboxylic acid groups (broad SMARTS) is 3. The van der Waals surface area contributed by atoms with Gasteiger partial charge in [0, 0.05) is 6.92 Å². The Kier molecular flexibility index (Phi) is 8.27. The fourth-order valence-corrected chi connectivity index (χ4v) is 0.755. The highest BCUT2D eigenvalue weighted by molar-refractivity contribution is 5.91. The summed E-state index contributed by atoms with van der Waals surface area (Å²) in [6.07, 6.45) is 0. The van der Waals surface area contributed by atoms with Crippen molar-refractivity contribution in [3.63, 3.8) is 0 Å². The van der Waals surface area contributed by atoms with Gasteiger partial charge < -0.3 is 15.3 Å². The molecule has 7 heteroatoms. The van der Waals surface area contributed by atoms with E-state index >= 15 is 0 Å². The summed E-state index contributed by atoms with van der Waals surface area (Å²) in [7, 11) is 0. The zero-order chi connectivity index (χ0) is 12.7. The van der Waals surface area contributed by atoms with Gasteiger partial charge >= 0.3 is 11.9 Å². The number of benzene rings is 1. The van der Waals surface area contributed by atoms with Crippen LogP contribution >= 0.6 is 12.4 Å². The molecule has 0 unspecified atom stereocenters. The van der Waals surface area contributed by atoms with Crippen LogP contribution in [0.4, 0.5) is 0 Å². The van der Waals surface area contributed by atoms with Crippen molar-refractivity contribution >= 4 is 30.3 Å². The molecular formula is C10H11ClO6. The summed E-state index contributed by atoms with van der Waals surface area (Å²) in [6.45, 7) is 1.08. The number of carbonyl (C=O) groups is 3. The third-order valence-corrected chi connectivity index (χ3v) is 1.38. The highest BCUT2D eigenvalue weighted by atomic mass is 35.5. The number of aliphatic carboxylic acids is 1. The number of rotatable bonds is 2. The number of carboxylic acids is 3. The second kappa shape index (κ2) is 8.12. The van der Waals surface area contributed by atoms with E-state index in [1.54, 1.807) is 0 Å². The molecule has 0 amide bonds. The second-order valence-electron chi connectivity index (χ2n) is 2.71. The van der Waals surface area contributed by atoms with Crippen LogP contribution in [0, 0.1) is 0 Å². The zero-order valence-electron chi connectivity index (χ0n) is 8.78. The largest absolute Gasteiger partial charge is 0.481 e. The summed E-state index contributed by atoms with van der Waals surface area (Å²) < 4.78 is 0. The maximum Gasteiger partial charge on any atom is 0.335 e. The molecule has 0 aromatic heterocycles. The maximum atomic E-state index is 10.3. The van der Waals surface area contributed by atoms with Gasteiger partial charge in [0.25, 0.3) is 5.97 Å². The van der Waals surface area contributed by atoms with Gasteiger partial charge in [0.05, 0.1) is 11.1 Å². The quantitative estimate of drug-likeness (QED) is 0.746. The van der Waals surface area contributed by atoms with E-state index in [-0.39, 0.29) is 23.5 Å². The standard InChI is InChI=1S/C8H6O4.C2H4O2.ClH/c9-7(10)5-1-2-6(4-3-5)8(11)12;1-2(3)4;/h1-4H,(H,9,10)(H,11,12);1H3,(H,3,4);1H. The summed E-state index contributed by atoms with van der Waals surface area (Å²) in [5.74, 6) is -2.96. The van der Waals surface area contributed by atoms with Crippen molar-refractivity contribution in [3.8, 4) is 0 Å². The Balaban J connectivity index is 0. The van der Waals surface area contributed by atoms with Gasteiger partial charge in [-0.2, -0.15) is 0 Å². The maximum absolute atomic E-state index is 10.3. The molecule has 94 valence electrons. The van der Waals surface area contributed by atoms with E-state index in [1.807, 2.05) is 0 Å². The zero-order valence-corrected chi connectivity index (χ0v) is 9.60. The third kappa shape index (κ3) is 7.80. The average molecular weight is 263 g/mol. The third-order valence-electron chi connectivity index (χ3n) is 1.38. The molecule has 3 N–H and O–H groups in total. The molecular weight excluding hydrogens is 252 g/mol. The summed E-state index contributed by atoms with van der Waals surface area (Å²) in [5.41, 5.74) is 0.167. The van der Waals surface area contributed by atoms with E-state index in [0.717, 1.165) is 6.92 Å². The van der Waals surface area contributed by atoms with Crippen LogP contribution in [-0.2, 0) is 4.79 Å². The van der Waals surface area contributed by atoms with Crippen LogP contribution in [0.2, 0.25) is 0 Å². The average Bonchev–Trinajstić information content (AvgIpc) is 2.17. The van der Waals surface area contributed by atoms with Gasteiger partial charge in [-0.3, -0.25) is 4.79 Å². The normalized spacial score (nSPS) is 8.06. The lowest BCUT2D eigenvalue weighted by atomic mass is 10.1. The van der Waals surface area contributed by atoms with Gasteiger partial charge in [0.15, 0.2) is 0 Å². The topological polar surface area (TPSA) is 112 Å². The first-order valence-electron chi connectivity index (χ1n) is 4.10. The lowest BCUT2D eigenvalue weighted by Gasteiger charge is -1.94. The Morgan fingerprint density at radius 3 is 1.12 bits per heavy atom. The fraction of sp³-hybridized carbons (Fsp3) is 0.100. The van der Waals surface area contributed by atoms with Gasteiger partial charge in [-0.15, -0.1) is 12.4 Å². The Morgan fingerprint density at radius 1 is 0.824 bits per heavy atom. The van der Waals surface area contributed by atoms with E-state index in [0.29, 0.717) is 0 Å². The predicted octanol–water partition coefficient (Wildman–Crippen LogP) is 1.60. The van der Waals surface area contributed by atoms with Gasteiger partial charge in [0.2, 0.25) is 0 Å². The first-order chi connectivity index (χ1) is 7.34. The monoisotopic (exact) mass is 262 g/mol. The van der Waals surface area contributed by atoms with Crippen molar-refractivity contribution in [3.05, 3.63) is 35.4 Å². The van der Waals surface area contributed by atoms with Gasteiger partial charge in [-0.05, 0) is 24.3 Å². The van der Waals surface area contributed by atoms with Crippen LogP contribution in [0.3, 0.4) is 0 Å². The SMILES string of the molecule is CC(=O)O.Cl.O=C(O)c1ccc(C(=O)O)cc1. The molecule has 1 aromatic carbocycles. The minimum Gasteiger partial charge on any atom is -0.481 e. The molecule has 0 atom stereocenters. The van der Waals surface area contributed by atoms with E-state index in [2.05, 4.69) is 0 Å². The molecule has 0 saturated carbocycles. The molecule has 17 heavy (non-hydrogen) atoms. The lowest BCUT2D eigenvalue weighted by Crippen LogP contribution is -1.99. The van der Waals surface area contributed by atoms with Gasteiger partial charge in [-0.25, -0.2) is 9.59 Å². The summed E-state index contributed by atoms with van der Waals surface area (Å²) in [4.78, 5) is 29.7.